The number of amides is 1. The summed E-state index contributed by atoms with van der Waals surface area (Å²) in [6, 6.07) is 10.0. The summed E-state index contributed by atoms with van der Waals surface area (Å²) in [5.74, 6) is -0.303. The normalized spacial score (nSPS) is 12.8. The number of anilines is 1. The van der Waals surface area contributed by atoms with Gasteiger partial charge in [-0.1, -0.05) is 30.3 Å². The first-order chi connectivity index (χ1) is 12.4. The van der Waals surface area contributed by atoms with Gasteiger partial charge in [-0.2, -0.15) is 0 Å². The number of nitro groups is 1. The number of aliphatic hydroxyl groups excluding tert-OH is 2. The Hall–Kier alpha value is -3.24. The zero-order valence-electron chi connectivity index (χ0n) is 13.6. The molecule has 0 bridgehead atoms. The summed E-state index contributed by atoms with van der Waals surface area (Å²) in [5, 5.41) is 33.2. The van der Waals surface area contributed by atoms with Crippen molar-refractivity contribution in [1.82, 2.24) is 10.3 Å². The number of carbonyl (C=O) groups excluding carboxylic acids is 1. The van der Waals surface area contributed by atoms with E-state index in [0.717, 1.165) is 17.8 Å². The third-order valence-corrected chi connectivity index (χ3v) is 3.49. The van der Waals surface area contributed by atoms with Gasteiger partial charge >= 0.3 is 11.8 Å². The number of nitrogen functional groups attached to an aromatic ring is 1. The fourth-order valence-electron chi connectivity index (χ4n) is 2.08. The fourth-order valence-corrected chi connectivity index (χ4v) is 2.08. The Morgan fingerprint density at radius 2 is 2.04 bits per heavy atom. The Morgan fingerprint density at radius 3 is 2.69 bits per heavy atom. The van der Waals surface area contributed by atoms with Crippen molar-refractivity contribution in [2.45, 2.75) is 18.8 Å². The summed E-state index contributed by atoms with van der Waals surface area (Å²) in [4.78, 5) is 25.3. The fraction of sp³-hybridized carbons (Fsp3) is 0.250. The molecule has 0 aliphatic heterocycles. The van der Waals surface area contributed by atoms with Crippen LogP contribution in [0.25, 0.3) is 0 Å². The monoisotopic (exact) mass is 362 g/mol. The van der Waals surface area contributed by atoms with Gasteiger partial charge < -0.3 is 26.0 Å². The van der Waals surface area contributed by atoms with Crippen molar-refractivity contribution in [2.24, 2.45) is 0 Å². The number of nitrogens with one attached hydrogen (secondary N) is 1. The number of ether oxygens (including phenoxy) is 1. The lowest BCUT2D eigenvalue weighted by atomic mass is 10.1. The number of aromatic nitrogens is 1. The van der Waals surface area contributed by atoms with E-state index in [4.69, 9.17) is 10.5 Å². The van der Waals surface area contributed by atoms with Gasteiger partial charge in [0.25, 0.3) is 0 Å². The van der Waals surface area contributed by atoms with E-state index in [-0.39, 0.29) is 24.5 Å². The predicted octanol–water partition coefficient (Wildman–Crippen LogP) is 0.893. The van der Waals surface area contributed by atoms with E-state index >= 15 is 0 Å². The third kappa shape index (κ3) is 5.13. The second-order valence-electron chi connectivity index (χ2n) is 5.38. The molecule has 26 heavy (non-hydrogen) atoms. The Kier molecular flexibility index (Phi) is 6.42. The topological polar surface area (TPSA) is 161 Å². The molecule has 0 aliphatic rings. The SMILES string of the molecule is Nc1ncc(C(O)C(O)CNC(=O)OCc2ccccc2)cc1[N+](=O)[O-]. The van der Waals surface area contributed by atoms with E-state index in [1.54, 1.807) is 24.3 Å². The first kappa shape index (κ1) is 19.1. The summed E-state index contributed by atoms with van der Waals surface area (Å²) < 4.78 is 4.97. The van der Waals surface area contributed by atoms with Crippen LogP contribution in [0.5, 0.6) is 0 Å². The van der Waals surface area contributed by atoms with Crippen molar-refractivity contribution in [1.29, 1.82) is 0 Å². The van der Waals surface area contributed by atoms with E-state index in [0.29, 0.717) is 0 Å². The van der Waals surface area contributed by atoms with E-state index in [1.807, 2.05) is 6.07 Å². The Morgan fingerprint density at radius 1 is 1.35 bits per heavy atom. The van der Waals surface area contributed by atoms with Crippen LogP contribution in [0.3, 0.4) is 0 Å². The van der Waals surface area contributed by atoms with Crippen LogP contribution in [0.2, 0.25) is 0 Å². The molecular weight excluding hydrogens is 344 g/mol. The van der Waals surface area contributed by atoms with Gasteiger partial charge in [0.2, 0.25) is 5.82 Å². The second-order valence-corrected chi connectivity index (χ2v) is 5.38. The number of nitrogens with two attached hydrogens (primary N) is 1. The largest absolute Gasteiger partial charge is 0.445 e. The summed E-state index contributed by atoms with van der Waals surface area (Å²) >= 11 is 0. The number of benzene rings is 1. The smallest absolute Gasteiger partial charge is 0.407 e. The molecule has 0 spiro atoms. The lowest BCUT2D eigenvalue weighted by molar-refractivity contribution is -0.384. The summed E-state index contributed by atoms with van der Waals surface area (Å²) in [6.07, 6.45) is -2.59. The minimum Gasteiger partial charge on any atom is -0.445 e. The highest BCUT2D eigenvalue weighted by molar-refractivity contribution is 5.67. The maximum atomic E-state index is 11.6. The number of aliphatic hydroxyl groups is 2. The molecule has 0 saturated heterocycles. The number of alkyl carbamates (subject to hydrolysis) is 1. The van der Waals surface area contributed by atoms with Gasteiger partial charge in [-0.25, -0.2) is 9.78 Å². The quantitative estimate of drug-likeness (QED) is 0.417. The van der Waals surface area contributed by atoms with Crippen molar-refractivity contribution in [3.8, 4) is 0 Å². The van der Waals surface area contributed by atoms with Crippen LogP contribution in [0.15, 0.2) is 42.6 Å². The molecule has 0 radical (unpaired) electrons. The molecule has 2 rings (SSSR count). The molecule has 10 heteroatoms. The van der Waals surface area contributed by atoms with Crippen LogP contribution in [0.1, 0.15) is 17.2 Å². The molecule has 2 atom stereocenters. The first-order valence-electron chi connectivity index (χ1n) is 7.59. The molecule has 2 unspecified atom stereocenters. The van der Waals surface area contributed by atoms with Crippen LogP contribution >= 0.6 is 0 Å². The molecule has 5 N–H and O–H groups in total. The Bertz CT molecular complexity index is 771. The standard InChI is InChI=1S/C16H18N4O6/c17-15-12(20(24)25)6-11(7-18-15)14(22)13(21)8-19-16(23)26-9-10-4-2-1-3-5-10/h1-7,13-14,21-22H,8-9H2,(H2,17,18)(H,19,23). The zero-order chi connectivity index (χ0) is 19.1. The van der Waals surface area contributed by atoms with Gasteiger partial charge in [0, 0.05) is 24.4 Å². The van der Waals surface area contributed by atoms with Crippen molar-refractivity contribution < 1.29 is 24.7 Å². The summed E-state index contributed by atoms with van der Waals surface area (Å²) in [6.45, 7) is -0.271. The average molecular weight is 362 g/mol. The first-order valence-corrected chi connectivity index (χ1v) is 7.59. The van der Waals surface area contributed by atoms with Crippen molar-refractivity contribution in [3.63, 3.8) is 0 Å². The molecule has 0 aliphatic carbocycles. The van der Waals surface area contributed by atoms with Crippen LogP contribution in [0, 0.1) is 10.1 Å². The molecule has 0 saturated carbocycles. The van der Waals surface area contributed by atoms with Gasteiger partial charge in [0.1, 0.15) is 18.8 Å². The average Bonchev–Trinajstić information content (AvgIpc) is 2.64. The van der Waals surface area contributed by atoms with Crippen molar-refractivity contribution in [2.75, 3.05) is 12.3 Å². The maximum absolute atomic E-state index is 11.6. The van der Waals surface area contributed by atoms with E-state index in [1.165, 1.54) is 0 Å². The molecule has 2 aromatic rings. The number of nitrogens with zero attached hydrogens (tertiary/aromatic N) is 2. The van der Waals surface area contributed by atoms with Crippen LogP contribution in [0.4, 0.5) is 16.3 Å². The van der Waals surface area contributed by atoms with Gasteiger partial charge in [0.05, 0.1) is 4.92 Å². The minimum absolute atomic E-state index is 0.00199. The van der Waals surface area contributed by atoms with Crippen molar-refractivity contribution >= 4 is 17.6 Å². The van der Waals surface area contributed by atoms with Crippen LogP contribution < -0.4 is 11.1 Å². The molecule has 1 aromatic heterocycles. The van der Waals surface area contributed by atoms with E-state index < -0.39 is 28.9 Å². The number of hydrogen-bond acceptors (Lipinski definition) is 8. The molecule has 138 valence electrons. The highest BCUT2D eigenvalue weighted by Crippen LogP contribution is 2.24. The number of rotatable bonds is 7. The minimum atomic E-state index is -1.50. The Labute approximate surface area is 148 Å². The van der Waals surface area contributed by atoms with Crippen LogP contribution in [-0.2, 0) is 11.3 Å². The predicted molar refractivity (Wildman–Crippen MR) is 90.9 cm³/mol. The molecule has 10 nitrogen and oxygen atoms in total. The summed E-state index contributed by atoms with van der Waals surface area (Å²) in [7, 11) is 0. The van der Waals surface area contributed by atoms with Gasteiger partial charge in [0.15, 0.2) is 0 Å². The van der Waals surface area contributed by atoms with E-state index in [9.17, 15) is 25.1 Å². The zero-order valence-corrected chi connectivity index (χ0v) is 13.6. The number of pyridine rings is 1. The highest BCUT2D eigenvalue weighted by atomic mass is 16.6. The maximum Gasteiger partial charge on any atom is 0.407 e. The van der Waals surface area contributed by atoms with Gasteiger partial charge in [-0.15, -0.1) is 0 Å². The summed E-state index contributed by atoms with van der Waals surface area (Å²) in [5.41, 5.74) is 5.69. The molecule has 1 heterocycles. The number of hydrogen-bond donors (Lipinski definition) is 4. The lowest BCUT2D eigenvalue weighted by Crippen LogP contribution is -2.35. The van der Waals surface area contributed by atoms with Gasteiger partial charge in [-0.3, -0.25) is 10.1 Å². The van der Waals surface area contributed by atoms with E-state index in [2.05, 4.69) is 10.3 Å². The highest BCUT2D eigenvalue weighted by Gasteiger charge is 2.23. The van der Waals surface area contributed by atoms with Gasteiger partial charge in [-0.05, 0) is 5.56 Å². The second kappa shape index (κ2) is 8.74. The number of carbonyl (C=O) groups is 1. The van der Waals surface area contributed by atoms with Crippen LogP contribution in [-0.4, -0.2) is 38.9 Å². The Balaban J connectivity index is 1.86. The molecule has 1 amide bonds. The lowest BCUT2D eigenvalue weighted by Gasteiger charge is -2.18. The molecule has 1 aromatic carbocycles. The van der Waals surface area contributed by atoms with Crippen molar-refractivity contribution in [3.05, 3.63) is 63.8 Å². The third-order valence-electron chi connectivity index (χ3n) is 3.49. The molecular formula is C16H18N4O6. The molecule has 0 fully saturated rings.